The summed E-state index contributed by atoms with van der Waals surface area (Å²) in [6.45, 7) is 0.924. The van der Waals surface area contributed by atoms with Crippen LogP contribution in [0.1, 0.15) is 29.9 Å². The summed E-state index contributed by atoms with van der Waals surface area (Å²) in [5.41, 5.74) is 1.68. The van der Waals surface area contributed by atoms with Crippen LogP contribution < -0.4 is 5.32 Å². The zero-order valence-corrected chi connectivity index (χ0v) is 15.0. The number of benzene rings is 2. The number of nitrogens with zero attached hydrogens (tertiary/aromatic N) is 1. The summed E-state index contributed by atoms with van der Waals surface area (Å²) in [6.07, 6.45) is 0.931. The average molecular weight is 370 g/mol. The van der Waals surface area contributed by atoms with Gasteiger partial charge < -0.3 is 15.3 Å². The second-order valence-corrected chi connectivity index (χ2v) is 6.89. The van der Waals surface area contributed by atoms with Crippen molar-refractivity contribution in [2.75, 3.05) is 13.1 Å². The SMILES string of the molecule is O=C(O)CCC(Cc1ccccc1)NC(=O)N1CC(c2ccccc2F)C1. The van der Waals surface area contributed by atoms with Crippen LogP contribution in [0.25, 0.3) is 0 Å². The summed E-state index contributed by atoms with van der Waals surface area (Å²) < 4.78 is 13.8. The number of hydrogen-bond acceptors (Lipinski definition) is 2. The number of carbonyl (C=O) groups excluding carboxylic acids is 1. The summed E-state index contributed by atoms with van der Waals surface area (Å²) in [4.78, 5) is 25.1. The van der Waals surface area contributed by atoms with Crippen LogP contribution in [-0.2, 0) is 11.2 Å². The fourth-order valence-electron chi connectivity index (χ4n) is 3.33. The monoisotopic (exact) mass is 370 g/mol. The third kappa shape index (κ3) is 5.06. The Morgan fingerprint density at radius 2 is 1.78 bits per heavy atom. The number of halogens is 1. The Kier molecular flexibility index (Phi) is 6.06. The van der Waals surface area contributed by atoms with Crippen LogP contribution in [0, 0.1) is 5.82 Å². The van der Waals surface area contributed by atoms with Crippen molar-refractivity contribution in [2.24, 2.45) is 0 Å². The standard InChI is InChI=1S/C21H23FN2O3/c22-19-9-5-4-8-18(19)16-13-24(14-16)21(27)23-17(10-11-20(25)26)12-15-6-2-1-3-7-15/h1-9,16-17H,10-14H2,(H,23,27)(H,25,26). The first-order valence-corrected chi connectivity index (χ1v) is 9.08. The molecule has 2 aromatic carbocycles. The highest BCUT2D eigenvalue weighted by molar-refractivity contribution is 5.76. The molecule has 0 radical (unpaired) electrons. The van der Waals surface area contributed by atoms with Crippen molar-refractivity contribution >= 4 is 12.0 Å². The highest BCUT2D eigenvalue weighted by Crippen LogP contribution is 2.28. The predicted molar refractivity (Wildman–Crippen MR) is 100 cm³/mol. The molecule has 1 saturated heterocycles. The predicted octanol–water partition coefficient (Wildman–Crippen LogP) is 3.41. The largest absolute Gasteiger partial charge is 0.481 e. The third-order valence-corrected chi connectivity index (χ3v) is 4.87. The Hall–Kier alpha value is -2.89. The van der Waals surface area contributed by atoms with Crippen LogP contribution in [0.4, 0.5) is 9.18 Å². The van der Waals surface area contributed by atoms with Crippen molar-refractivity contribution in [2.45, 2.75) is 31.2 Å². The van der Waals surface area contributed by atoms with Gasteiger partial charge in [-0.15, -0.1) is 0 Å². The van der Waals surface area contributed by atoms with Gasteiger partial charge in [0.25, 0.3) is 0 Å². The van der Waals surface area contributed by atoms with E-state index in [1.54, 1.807) is 23.1 Å². The summed E-state index contributed by atoms with van der Waals surface area (Å²) >= 11 is 0. The minimum atomic E-state index is -0.883. The molecule has 142 valence electrons. The molecule has 1 unspecified atom stereocenters. The number of carboxylic acids is 1. The maximum atomic E-state index is 13.8. The molecule has 0 spiro atoms. The van der Waals surface area contributed by atoms with Crippen molar-refractivity contribution in [3.63, 3.8) is 0 Å². The molecule has 0 aromatic heterocycles. The summed E-state index contributed by atoms with van der Waals surface area (Å²) in [5, 5.41) is 11.9. The lowest BCUT2D eigenvalue weighted by Crippen LogP contribution is -2.55. The van der Waals surface area contributed by atoms with Crippen LogP contribution in [-0.4, -0.2) is 41.1 Å². The summed E-state index contributed by atoms with van der Waals surface area (Å²) in [6, 6.07) is 15.8. The smallest absolute Gasteiger partial charge is 0.317 e. The van der Waals surface area contributed by atoms with Gasteiger partial charge in [0, 0.05) is 31.5 Å². The normalized spacial score (nSPS) is 15.1. The van der Waals surface area contributed by atoms with E-state index in [2.05, 4.69) is 5.32 Å². The molecular formula is C21H23FN2O3. The summed E-state index contributed by atoms with van der Waals surface area (Å²) in [7, 11) is 0. The van der Waals surface area contributed by atoms with Gasteiger partial charge in [-0.1, -0.05) is 48.5 Å². The number of carbonyl (C=O) groups is 2. The van der Waals surface area contributed by atoms with Crippen LogP contribution >= 0.6 is 0 Å². The molecule has 1 aliphatic rings. The first-order valence-electron chi connectivity index (χ1n) is 9.08. The van der Waals surface area contributed by atoms with Gasteiger partial charge in [-0.2, -0.15) is 0 Å². The van der Waals surface area contributed by atoms with Gasteiger partial charge in [0.1, 0.15) is 5.82 Å². The number of carboxylic acid groups (broad SMARTS) is 1. The molecule has 0 aliphatic carbocycles. The quantitative estimate of drug-likeness (QED) is 0.785. The van der Waals surface area contributed by atoms with Crippen LogP contribution in [0.2, 0.25) is 0 Å². The lowest BCUT2D eigenvalue weighted by Gasteiger charge is -2.40. The molecule has 6 heteroatoms. The number of likely N-dealkylation sites (tertiary alicyclic amines) is 1. The molecule has 1 fully saturated rings. The Balaban J connectivity index is 1.56. The number of rotatable bonds is 7. The van der Waals surface area contributed by atoms with Gasteiger partial charge in [0.2, 0.25) is 0 Å². The van der Waals surface area contributed by atoms with E-state index in [4.69, 9.17) is 5.11 Å². The van der Waals surface area contributed by atoms with E-state index in [1.165, 1.54) is 6.07 Å². The van der Waals surface area contributed by atoms with Gasteiger partial charge in [-0.3, -0.25) is 4.79 Å². The lowest BCUT2D eigenvalue weighted by molar-refractivity contribution is -0.137. The molecule has 2 aromatic rings. The second-order valence-electron chi connectivity index (χ2n) is 6.89. The fraction of sp³-hybridized carbons (Fsp3) is 0.333. The lowest BCUT2D eigenvalue weighted by atomic mass is 9.91. The number of aliphatic carboxylic acids is 1. The highest BCUT2D eigenvalue weighted by Gasteiger charge is 2.33. The maximum absolute atomic E-state index is 13.8. The molecule has 5 nitrogen and oxygen atoms in total. The zero-order chi connectivity index (χ0) is 19.2. The van der Waals surface area contributed by atoms with Crippen LogP contribution in [0.5, 0.6) is 0 Å². The molecular weight excluding hydrogens is 347 g/mol. The van der Waals surface area contributed by atoms with Crippen molar-refractivity contribution in [1.82, 2.24) is 10.2 Å². The molecule has 1 heterocycles. The van der Waals surface area contributed by atoms with Gasteiger partial charge in [-0.05, 0) is 30.0 Å². The molecule has 1 aliphatic heterocycles. The first-order chi connectivity index (χ1) is 13.0. The molecule has 0 bridgehead atoms. The number of hydrogen-bond donors (Lipinski definition) is 2. The maximum Gasteiger partial charge on any atom is 0.317 e. The van der Waals surface area contributed by atoms with Gasteiger partial charge in [0.05, 0.1) is 0 Å². The number of nitrogens with one attached hydrogen (secondary N) is 1. The Bertz CT molecular complexity index is 791. The van der Waals surface area contributed by atoms with E-state index >= 15 is 0 Å². The Labute approximate surface area is 157 Å². The van der Waals surface area contributed by atoms with Gasteiger partial charge in [-0.25, -0.2) is 9.18 Å². The van der Waals surface area contributed by atoms with E-state index < -0.39 is 5.97 Å². The Morgan fingerprint density at radius 1 is 1.11 bits per heavy atom. The van der Waals surface area contributed by atoms with Gasteiger partial charge in [0.15, 0.2) is 0 Å². The molecule has 3 rings (SSSR count). The minimum Gasteiger partial charge on any atom is -0.481 e. The molecule has 2 N–H and O–H groups in total. The Morgan fingerprint density at radius 3 is 2.44 bits per heavy atom. The van der Waals surface area contributed by atoms with Crippen molar-refractivity contribution in [3.8, 4) is 0 Å². The first kappa shape index (κ1) is 18.9. The van der Waals surface area contributed by atoms with E-state index in [0.717, 1.165) is 5.56 Å². The molecule has 1 atom stereocenters. The molecule has 27 heavy (non-hydrogen) atoms. The molecule has 2 amide bonds. The van der Waals surface area contributed by atoms with Crippen molar-refractivity contribution in [3.05, 3.63) is 71.5 Å². The molecule has 0 saturated carbocycles. The van der Waals surface area contributed by atoms with Gasteiger partial charge >= 0.3 is 12.0 Å². The van der Waals surface area contributed by atoms with Crippen molar-refractivity contribution < 1.29 is 19.1 Å². The van der Waals surface area contributed by atoms with E-state index in [-0.39, 0.29) is 30.2 Å². The number of urea groups is 1. The minimum absolute atomic E-state index is 0.00328. The van der Waals surface area contributed by atoms with Crippen LogP contribution in [0.3, 0.4) is 0 Å². The highest BCUT2D eigenvalue weighted by atomic mass is 19.1. The third-order valence-electron chi connectivity index (χ3n) is 4.87. The van der Waals surface area contributed by atoms with E-state index in [9.17, 15) is 14.0 Å². The number of amides is 2. The van der Waals surface area contributed by atoms with Crippen molar-refractivity contribution in [1.29, 1.82) is 0 Å². The second kappa shape index (κ2) is 8.66. The fourth-order valence-corrected chi connectivity index (χ4v) is 3.33. The summed E-state index contributed by atoms with van der Waals surface area (Å²) in [5.74, 6) is -1.12. The topological polar surface area (TPSA) is 69.6 Å². The van der Waals surface area contributed by atoms with Crippen LogP contribution in [0.15, 0.2) is 54.6 Å². The average Bonchev–Trinajstić information content (AvgIpc) is 2.61. The zero-order valence-electron chi connectivity index (χ0n) is 15.0. The van der Waals surface area contributed by atoms with E-state index in [1.807, 2.05) is 30.3 Å². The van der Waals surface area contributed by atoms with E-state index in [0.29, 0.717) is 31.5 Å².